The number of nitrogens with zero attached hydrogens (tertiary/aromatic N) is 3. The summed E-state index contributed by atoms with van der Waals surface area (Å²) in [4.78, 5) is 24.4. The first-order valence-corrected chi connectivity index (χ1v) is 11.3. The topological polar surface area (TPSA) is 84.3 Å². The number of nitrogens with two attached hydrogens (primary N) is 1. The Morgan fingerprint density at radius 3 is 2.61 bits per heavy atom. The molecule has 2 aliphatic rings. The van der Waals surface area contributed by atoms with Gasteiger partial charge < -0.3 is 19.9 Å². The number of hydrogen-bond donors (Lipinski definition) is 1. The van der Waals surface area contributed by atoms with Crippen LogP contribution in [-0.4, -0.2) is 41.1 Å². The van der Waals surface area contributed by atoms with Gasteiger partial charge in [0.2, 0.25) is 0 Å². The molecule has 2 aromatic carbocycles. The lowest BCUT2D eigenvalue weighted by molar-refractivity contribution is -0.227. The molecule has 7 nitrogen and oxygen atoms in total. The normalized spacial score (nSPS) is 22.7. The van der Waals surface area contributed by atoms with E-state index in [1.807, 2.05) is 53.4 Å². The standard InChI is InChI=1S/C24H22Cl2N4O3/c1-15(31)33-30-9-4-8-29-22(30)24(28-23(29)27,21-7-3-10-32-21)18-6-2-5-16(11-18)17-12-19(25)14-20(26)13-17/h2-3,5-7,10-14,22H,4,8-9H2,1H3,(H2,27,28). The number of hydrogen-bond acceptors (Lipinski definition) is 7. The van der Waals surface area contributed by atoms with Gasteiger partial charge in [-0.15, -0.1) is 5.06 Å². The van der Waals surface area contributed by atoms with Crippen molar-refractivity contribution in [3.05, 3.63) is 82.2 Å². The minimum absolute atomic E-state index is 0.365. The molecule has 9 heteroatoms. The lowest BCUT2D eigenvalue weighted by Crippen LogP contribution is -2.61. The molecule has 0 radical (unpaired) electrons. The molecule has 2 unspecified atom stereocenters. The first-order chi connectivity index (χ1) is 15.9. The van der Waals surface area contributed by atoms with Gasteiger partial charge in [-0.25, -0.2) is 4.99 Å². The van der Waals surface area contributed by atoms with E-state index < -0.39 is 17.7 Å². The fraction of sp³-hybridized carbons (Fsp3) is 0.250. The highest BCUT2D eigenvalue weighted by atomic mass is 35.5. The number of guanidine groups is 1. The van der Waals surface area contributed by atoms with Crippen LogP contribution in [0.15, 0.2) is 70.3 Å². The van der Waals surface area contributed by atoms with E-state index in [4.69, 9.17) is 43.2 Å². The van der Waals surface area contributed by atoms with Crippen molar-refractivity contribution in [1.29, 1.82) is 0 Å². The lowest BCUT2D eigenvalue weighted by Gasteiger charge is -2.44. The monoisotopic (exact) mass is 484 g/mol. The van der Waals surface area contributed by atoms with E-state index in [0.29, 0.717) is 34.9 Å². The maximum atomic E-state index is 11.9. The molecular weight excluding hydrogens is 463 g/mol. The molecule has 0 aliphatic carbocycles. The van der Waals surface area contributed by atoms with Crippen LogP contribution in [0.1, 0.15) is 24.7 Å². The highest BCUT2D eigenvalue weighted by Crippen LogP contribution is 2.47. The molecule has 3 aromatic rings. The van der Waals surface area contributed by atoms with Crippen molar-refractivity contribution in [2.45, 2.75) is 25.0 Å². The number of furan rings is 1. The highest BCUT2D eigenvalue weighted by molar-refractivity contribution is 6.35. The second-order valence-electron chi connectivity index (χ2n) is 8.10. The van der Waals surface area contributed by atoms with Gasteiger partial charge in [-0.05, 0) is 59.5 Å². The van der Waals surface area contributed by atoms with Gasteiger partial charge in [0.25, 0.3) is 0 Å². The number of carbonyl (C=O) groups excluding carboxylic acids is 1. The van der Waals surface area contributed by atoms with E-state index in [1.165, 1.54) is 6.92 Å². The SMILES string of the molecule is CC(=O)ON1CCCN2C(N)=NC(c3cccc(-c4cc(Cl)cc(Cl)c4)c3)(c3ccco3)C12. The van der Waals surface area contributed by atoms with Gasteiger partial charge in [0.1, 0.15) is 5.76 Å². The summed E-state index contributed by atoms with van der Waals surface area (Å²) in [5, 5.41) is 2.75. The Morgan fingerprint density at radius 1 is 1.12 bits per heavy atom. The maximum absolute atomic E-state index is 11.9. The van der Waals surface area contributed by atoms with Gasteiger partial charge in [-0.1, -0.05) is 41.4 Å². The molecule has 1 saturated heterocycles. The molecule has 1 aromatic heterocycles. The highest BCUT2D eigenvalue weighted by Gasteiger charge is 2.57. The fourth-order valence-electron chi connectivity index (χ4n) is 4.72. The zero-order valence-electron chi connectivity index (χ0n) is 17.9. The summed E-state index contributed by atoms with van der Waals surface area (Å²) in [7, 11) is 0. The number of carbonyl (C=O) groups is 1. The van der Waals surface area contributed by atoms with Crippen LogP contribution in [0.3, 0.4) is 0 Å². The smallest absolute Gasteiger partial charge is 0.322 e. The Balaban J connectivity index is 1.70. The maximum Gasteiger partial charge on any atom is 0.322 e. The second kappa shape index (κ2) is 8.41. The largest absolute Gasteiger partial charge is 0.466 e. The fourth-order valence-corrected chi connectivity index (χ4v) is 5.25. The first kappa shape index (κ1) is 21.8. The van der Waals surface area contributed by atoms with Gasteiger partial charge in [0, 0.05) is 30.1 Å². The summed E-state index contributed by atoms with van der Waals surface area (Å²) in [6.45, 7) is 2.62. The molecule has 0 spiro atoms. The third-order valence-electron chi connectivity index (χ3n) is 5.95. The molecule has 170 valence electrons. The molecule has 2 atom stereocenters. The molecule has 3 heterocycles. The molecule has 33 heavy (non-hydrogen) atoms. The Labute approximate surface area is 201 Å². The van der Waals surface area contributed by atoms with Crippen LogP contribution in [0, 0.1) is 0 Å². The van der Waals surface area contributed by atoms with Gasteiger partial charge in [0.05, 0.1) is 6.26 Å². The van der Waals surface area contributed by atoms with Crippen molar-refractivity contribution in [3.63, 3.8) is 0 Å². The minimum atomic E-state index is -1.05. The van der Waals surface area contributed by atoms with Crippen LogP contribution in [0.4, 0.5) is 0 Å². The predicted octanol–water partition coefficient (Wildman–Crippen LogP) is 4.64. The molecule has 2 N–H and O–H groups in total. The molecule has 0 bridgehead atoms. The molecular formula is C24H22Cl2N4O3. The van der Waals surface area contributed by atoms with E-state index >= 15 is 0 Å². The summed E-state index contributed by atoms with van der Waals surface area (Å²) < 4.78 is 5.91. The Bertz CT molecular complexity index is 1210. The number of hydroxylamine groups is 2. The summed E-state index contributed by atoms with van der Waals surface area (Å²) in [6.07, 6.45) is 1.87. The van der Waals surface area contributed by atoms with Gasteiger partial charge in [-0.2, -0.15) is 0 Å². The van der Waals surface area contributed by atoms with Crippen molar-refractivity contribution >= 4 is 35.1 Å². The van der Waals surface area contributed by atoms with Crippen molar-refractivity contribution in [1.82, 2.24) is 9.96 Å². The summed E-state index contributed by atoms with van der Waals surface area (Å²) in [6, 6.07) is 17.0. The number of rotatable bonds is 4. The summed E-state index contributed by atoms with van der Waals surface area (Å²) in [5.74, 6) is 0.556. The van der Waals surface area contributed by atoms with Crippen LogP contribution in [-0.2, 0) is 15.2 Å². The van der Waals surface area contributed by atoms with Crippen molar-refractivity contribution < 1.29 is 14.0 Å². The average molecular weight is 485 g/mol. The molecule has 0 amide bonds. The number of halogens is 2. The van der Waals surface area contributed by atoms with Crippen molar-refractivity contribution in [2.75, 3.05) is 13.1 Å². The zero-order chi connectivity index (χ0) is 23.2. The second-order valence-corrected chi connectivity index (χ2v) is 8.97. The van der Waals surface area contributed by atoms with E-state index in [9.17, 15) is 4.79 Å². The Morgan fingerprint density at radius 2 is 1.91 bits per heavy atom. The van der Waals surface area contributed by atoms with Gasteiger partial charge in [0.15, 0.2) is 17.7 Å². The summed E-state index contributed by atoms with van der Waals surface area (Å²) >= 11 is 12.5. The van der Waals surface area contributed by atoms with Crippen molar-refractivity contribution in [3.8, 4) is 11.1 Å². The lowest BCUT2D eigenvalue weighted by atomic mass is 9.82. The number of benzene rings is 2. The van der Waals surface area contributed by atoms with Crippen LogP contribution in [0.25, 0.3) is 11.1 Å². The number of aliphatic imine (C=N–C) groups is 1. The van der Waals surface area contributed by atoms with Crippen LogP contribution >= 0.6 is 23.2 Å². The third-order valence-corrected chi connectivity index (χ3v) is 6.38. The van der Waals surface area contributed by atoms with Crippen LogP contribution in [0.2, 0.25) is 10.0 Å². The molecule has 2 aliphatic heterocycles. The summed E-state index contributed by atoms with van der Waals surface area (Å²) in [5.41, 5.74) is 7.98. The van der Waals surface area contributed by atoms with E-state index in [2.05, 4.69) is 0 Å². The Hall–Kier alpha value is -3.00. The van der Waals surface area contributed by atoms with Crippen molar-refractivity contribution in [2.24, 2.45) is 10.7 Å². The molecule has 1 fully saturated rings. The number of fused-ring (bicyclic) bond motifs is 1. The molecule has 5 rings (SSSR count). The van der Waals surface area contributed by atoms with E-state index in [-0.39, 0.29) is 0 Å². The quantitative estimate of drug-likeness (QED) is 0.580. The predicted molar refractivity (Wildman–Crippen MR) is 127 cm³/mol. The molecule has 0 saturated carbocycles. The van der Waals surface area contributed by atoms with Crippen LogP contribution in [0.5, 0.6) is 0 Å². The first-order valence-electron chi connectivity index (χ1n) is 10.6. The average Bonchev–Trinajstić information content (AvgIpc) is 3.41. The van der Waals surface area contributed by atoms with E-state index in [1.54, 1.807) is 17.4 Å². The third kappa shape index (κ3) is 3.76. The minimum Gasteiger partial charge on any atom is -0.466 e. The Kier molecular flexibility index (Phi) is 5.56. The van der Waals surface area contributed by atoms with Crippen LogP contribution < -0.4 is 5.73 Å². The van der Waals surface area contributed by atoms with E-state index in [0.717, 1.165) is 23.1 Å². The van der Waals surface area contributed by atoms with Gasteiger partial charge >= 0.3 is 5.97 Å². The zero-order valence-corrected chi connectivity index (χ0v) is 19.4. The van der Waals surface area contributed by atoms with Gasteiger partial charge in [-0.3, -0.25) is 4.79 Å².